The van der Waals surface area contributed by atoms with Gasteiger partial charge < -0.3 is 0 Å². The molecule has 6 nitrogen and oxygen atoms in total. The second-order valence-electron chi connectivity index (χ2n) is 13.6. The van der Waals surface area contributed by atoms with Crippen LogP contribution in [0.5, 0.6) is 0 Å². The lowest BCUT2D eigenvalue weighted by Gasteiger charge is -2.16. The van der Waals surface area contributed by atoms with Crippen LogP contribution in [-0.2, 0) is 0 Å². The first kappa shape index (κ1) is 34.3. The third-order valence-electron chi connectivity index (χ3n) is 9.78. The molecule has 0 saturated carbocycles. The molecule has 3 heterocycles. The summed E-state index contributed by atoms with van der Waals surface area (Å²) in [6.45, 7) is 4.06. The summed E-state index contributed by atoms with van der Waals surface area (Å²) < 4.78 is 0. The van der Waals surface area contributed by atoms with Crippen molar-refractivity contribution in [3.05, 3.63) is 193 Å². The maximum absolute atomic E-state index is 5.45. The highest BCUT2D eigenvalue weighted by molar-refractivity contribution is 5.87. The van der Waals surface area contributed by atoms with Gasteiger partial charge in [0.2, 0.25) is 0 Å². The minimum atomic E-state index is 0.566. The van der Waals surface area contributed by atoms with Crippen LogP contribution in [0.4, 0.5) is 0 Å². The molecule has 6 aromatic carbocycles. The number of rotatable bonds is 8. The maximum Gasteiger partial charge on any atom is 0.164 e. The quantitative estimate of drug-likeness (QED) is 0.155. The number of pyridine rings is 1. The molecule has 9 rings (SSSR count). The van der Waals surface area contributed by atoms with Gasteiger partial charge >= 0.3 is 0 Å². The molecule has 0 aliphatic rings. The minimum absolute atomic E-state index is 0.566. The van der Waals surface area contributed by atoms with Crippen molar-refractivity contribution in [3.63, 3.8) is 0 Å². The molecule has 266 valence electrons. The van der Waals surface area contributed by atoms with Gasteiger partial charge in [0.15, 0.2) is 17.5 Å². The highest BCUT2D eigenvalue weighted by Gasteiger charge is 2.20. The second kappa shape index (κ2) is 15.1. The van der Waals surface area contributed by atoms with Crippen molar-refractivity contribution in [2.75, 3.05) is 0 Å². The van der Waals surface area contributed by atoms with E-state index in [1.54, 1.807) is 0 Å². The van der Waals surface area contributed by atoms with Gasteiger partial charge in [0, 0.05) is 55.9 Å². The van der Waals surface area contributed by atoms with Gasteiger partial charge in [0.05, 0.1) is 22.8 Å². The Bertz CT molecular complexity index is 2790. The van der Waals surface area contributed by atoms with Crippen molar-refractivity contribution in [1.82, 2.24) is 29.9 Å². The molecular formula is C50H36N6. The highest BCUT2D eigenvalue weighted by Crippen LogP contribution is 2.38. The molecule has 0 unspecified atom stereocenters. The van der Waals surface area contributed by atoms with E-state index in [0.717, 1.165) is 84.2 Å². The molecule has 0 aliphatic heterocycles. The van der Waals surface area contributed by atoms with Crippen molar-refractivity contribution in [3.8, 4) is 90.3 Å². The summed E-state index contributed by atoms with van der Waals surface area (Å²) in [4.78, 5) is 30.7. The summed E-state index contributed by atoms with van der Waals surface area (Å²) in [6.07, 6.45) is 0. The number of hydrogen-bond donors (Lipinski definition) is 0. The molecule has 0 fully saturated rings. The molecular weight excluding hydrogens is 685 g/mol. The summed E-state index contributed by atoms with van der Waals surface area (Å²) in [5.41, 5.74) is 13.9. The molecule has 0 radical (unpaired) electrons. The standard InChI is InChI=1S/C50H36N6/c1-33-26-31-43(34(2)51-33)35-27-29-40(30-28-35)49-54-48(39-22-13-6-14-23-39)55-50(56-49)42-25-15-24-41(32-42)47-46(38-20-11-5-12-21-38)52-44(36-16-7-3-8-17-36)45(53-47)37-18-9-4-10-19-37/h3-32H,1-2H3. The van der Waals surface area contributed by atoms with Crippen LogP contribution in [0.3, 0.4) is 0 Å². The average Bonchev–Trinajstić information content (AvgIpc) is 3.27. The van der Waals surface area contributed by atoms with E-state index >= 15 is 0 Å². The van der Waals surface area contributed by atoms with E-state index in [1.165, 1.54) is 0 Å². The van der Waals surface area contributed by atoms with Gasteiger partial charge in [-0.2, -0.15) is 0 Å². The fraction of sp³-hybridized carbons (Fsp3) is 0.0400. The molecule has 0 bridgehead atoms. The third kappa shape index (κ3) is 6.99. The van der Waals surface area contributed by atoms with E-state index in [0.29, 0.717) is 17.5 Å². The smallest absolute Gasteiger partial charge is 0.164 e. The molecule has 0 spiro atoms. The molecule has 0 saturated heterocycles. The van der Waals surface area contributed by atoms with Crippen LogP contribution in [0.2, 0.25) is 0 Å². The van der Waals surface area contributed by atoms with Crippen molar-refractivity contribution < 1.29 is 0 Å². The molecule has 6 heteroatoms. The lowest BCUT2D eigenvalue weighted by Crippen LogP contribution is -2.02. The molecule has 0 amide bonds. The van der Waals surface area contributed by atoms with E-state index in [-0.39, 0.29) is 0 Å². The zero-order valence-corrected chi connectivity index (χ0v) is 31.0. The van der Waals surface area contributed by atoms with E-state index in [2.05, 4.69) is 83.8 Å². The van der Waals surface area contributed by atoms with Gasteiger partial charge in [-0.3, -0.25) is 4.98 Å². The van der Waals surface area contributed by atoms with Crippen molar-refractivity contribution >= 4 is 0 Å². The number of aromatic nitrogens is 6. The molecule has 0 aliphatic carbocycles. The average molecular weight is 721 g/mol. The van der Waals surface area contributed by atoms with Gasteiger partial charge in [0.1, 0.15) is 0 Å². The second-order valence-corrected chi connectivity index (χ2v) is 13.6. The van der Waals surface area contributed by atoms with E-state index in [9.17, 15) is 0 Å². The van der Waals surface area contributed by atoms with Gasteiger partial charge in [-0.05, 0) is 31.5 Å². The van der Waals surface area contributed by atoms with Crippen LogP contribution in [0, 0.1) is 13.8 Å². The van der Waals surface area contributed by atoms with Crippen LogP contribution in [0.25, 0.3) is 90.3 Å². The summed E-state index contributed by atoms with van der Waals surface area (Å²) in [7, 11) is 0. The van der Waals surface area contributed by atoms with Crippen LogP contribution >= 0.6 is 0 Å². The van der Waals surface area contributed by atoms with Crippen LogP contribution < -0.4 is 0 Å². The van der Waals surface area contributed by atoms with Crippen LogP contribution in [0.1, 0.15) is 11.4 Å². The van der Waals surface area contributed by atoms with Crippen molar-refractivity contribution in [1.29, 1.82) is 0 Å². The minimum Gasteiger partial charge on any atom is -0.258 e. The predicted molar refractivity (Wildman–Crippen MR) is 226 cm³/mol. The van der Waals surface area contributed by atoms with Crippen molar-refractivity contribution in [2.45, 2.75) is 13.8 Å². The maximum atomic E-state index is 5.45. The summed E-state index contributed by atoms with van der Waals surface area (Å²) in [5, 5.41) is 0. The number of benzene rings is 6. The van der Waals surface area contributed by atoms with E-state index in [1.807, 2.05) is 117 Å². The van der Waals surface area contributed by atoms with Crippen LogP contribution in [0.15, 0.2) is 182 Å². The summed E-state index contributed by atoms with van der Waals surface area (Å²) in [6, 6.07) is 61.6. The zero-order chi connectivity index (χ0) is 37.8. The topological polar surface area (TPSA) is 77.3 Å². The van der Waals surface area contributed by atoms with Gasteiger partial charge in [-0.15, -0.1) is 0 Å². The largest absolute Gasteiger partial charge is 0.258 e. The predicted octanol–water partition coefficient (Wildman–Crippen LogP) is 12.0. The Morgan fingerprint density at radius 2 is 0.643 bits per heavy atom. The van der Waals surface area contributed by atoms with E-state index < -0.39 is 0 Å². The first-order valence-electron chi connectivity index (χ1n) is 18.6. The van der Waals surface area contributed by atoms with Gasteiger partial charge in [-0.25, -0.2) is 24.9 Å². The Morgan fingerprint density at radius 1 is 0.268 bits per heavy atom. The van der Waals surface area contributed by atoms with Gasteiger partial charge in [0.25, 0.3) is 0 Å². The number of hydrogen-bond acceptors (Lipinski definition) is 6. The molecule has 9 aromatic rings. The first-order chi connectivity index (χ1) is 27.6. The van der Waals surface area contributed by atoms with Gasteiger partial charge in [-0.1, -0.05) is 170 Å². The monoisotopic (exact) mass is 720 g/mol. The van der Waals surface area contributed by atoms with Crippen molar-refractivity contribution in [2.24, 2.45) is 0 Å². The Labute approximate surface area is 326 Å². The molecule has 0 atom stereocenters. The molecule has 56 heavy (non-hydrogen) atoms. The highest BCUT2D eigenvalue weighted by atomic mass is 15.0. The summed E-state index contributed by atoms with van der Waals surface area (Å²) in [5.74, 6) is 1.76. The lowest BCUT2D eigenvalue weighted by molar-refractivity contribution is 1.07. The Kier molecular flexibility index (Phi) is 9.27. The Morgan fingerprint density at radius 3 is 1.12 bits per heavy atom. The molecule has 0 N–H and O–H groups in total. The third-order valence-corrected chi connectivity index (χ3v) is 9.78. The SMILES string of the molecule is Cc1ccc(-c2ccc(-c3nc(-c4ccccc4)nc(-c4cccc(-c5nc(-c6ccccc6)c(-c6ccccc6)nc5-c5ccccc5)c4)n3)cc2)c(C)n1. The number of aryl methyl sites for hydroxylation is 2. The fourth-order valence-electron chi connectivity index (χ4n) is 6.98. The first-order valence-corrected chi connectivity index (χ1v) is 18.6. The zero-order valence-electron chi connectivity index (χ0n) is 31.0. The Hall–Kier alpha value is -7.44. The fourth-order valence-corrected chi connectivity index (χ4v) is 6.98. The molecule has 3 aromatic heterocycles. The lowest BCUT2D eigenvalue weighted by atomic mass is 9.98. The summed E-state index contributed by atoms with van der Waals surface area (Å²) >= 11 is 0. The van der Waals surface area contributed by atoms with Crippen LogP contribution in [-0.4, -0.2) is 29.9 Å². The Balaban J connectivity index is 1.20. The normalized spacial score (nSPS) is 11.0. The van der Waals surface area contributed by atoms with E-state index in [4.69, 9.17) is 24.9 Å². The number of nitrogens with zero attached hydrogens (tertiary/aromatic N) is 6.